The van der Waals surface area contributed by atoms with Crippen molar-refractivity contribution in [3.05, 3.63) is 90.5 Å². The van der Waals surface area contributed by atoms with Gasteiger partial charge in [-0.2, -0.15) is 0 Å². The van der Waals surface area contributed by atoms with Crippen LogP contribution in [0.4, 0.5) is 0 Å². The molecule has 0 spiro atoms. The minimum atomic E-state index is -1.01. The summed E-state index contributed by atoms with van der Waals surface area (Å²) in [7, 11) is 1.45. The topological polar surface area (TPSA) is 135 Å². The molecule has 1 aliphatic heterocycles. The van der Waals surface area contributed by atoms with Gasteiger partial charge in [-0.3, -0.25) is 9.78 Å². The molecule has 2 aromatic heterocycles. The Labute approximate surface area is 167 Å². The molecule has 2 aromatic carbocycles. The van der Waals surface area contributed by atoms with Crippen LogP contribution in [0, 0.1) is 0 Å². The first kappa shape index (κ1) is 17.8. The number of hydrogen-bond acceptors (Lipinski definition) is 7. The maximum atomic E-state index is 12.9. The van der Waals surface area contributed by atoms with E-state index in [0.29, 0.717) is 11.1 Å². The number of benzene rings is 2. The van der Waals surface area contributed by atoms with E-state index >= 15 is 0 Å². The van der Waals surface area contributed by atoms with Crippen LogP contribution in [0.25, 0.3) is 11.0 Å². The summed E-state index contributed by atoms with van der Waals surface area (Å²) in [6.45, 7) is 0. The number of rotatable bonds is 2. The second-order valence-electron chi connectivity index (χ2n) is 6.74. The lowest BCUT2D eigenvalue weighted by atomic mass is 9.85. The molecule has 1 atom stereocenters. The molecule has 9 nitrogen and oxygen atoms in total. The number of phenols is 1. The number of ether oxygens (including phenoxy) is 2. The number of hydrogen-bond donors (Lipinski definition) is 3. The molecule has 150 valence electrons. The molecule has 0 radical (unpaired) electrons. The van der Waals surface area contributed by atoms with Crippen molar-refractivity contribution < 1.29 is 19.0 Å². The first-order valence-corrected chi connectivity index (χ1v) is 8.95. The van der Waals surface area contributed by atoms with Gasteiger partial charge in [0.2, 0.25) is 5.75 Å². The standard InChI is InChI=1S/C21H14N2O7/c1-28-9-6-7-10(12(24)8-9)14-15-17(11-4-2-3-5-13(11)29-20(15)26)30-18-16(14)22-21(27)23-19(18)25/h2-8,14,24H,1H3,(H2,22,23,25,27). The van der Waals surface area contributed by atoms with Crippen LogP contribution in [-0.2, 0) is 0 Å². The van der Waals surface area contributed by atoms with Crippen molar-refractivity contribution in [1.82, 2.24) is 9.97 Å². The lowest BCUT2D eigenvalue weighted by Gasteiger charge is -2.27. The minimum absolute atomic E-state index is 0.0410. The van der Waals surface area contributed by atoms with Crippen molar-refractivity contribution >= 4 is 11.0 Å². The van der Waals surface area contributed by atoms with Gasteiger partial charge < -0.3 is 24.0 Å². The highest BCUT2D eigenvalue weighted by Crippen LogP contribution is 2.48. The largest absolute Gasteiger partial charge is 0.507 e. The Bertz CT molecular complexity index is 1500. The number of methoxy groups -OCH3 is 1. The third kappa shape index (κ3) is 2.52. The van der Waals surface area contributed by atoms with Gasteiger partial charge in [-0.15, -0.1) is 0 Å². The predicted octanol–water partition coefficient (Wildman–Crippen LogP) is 2.17. The van der Waals surface area contributed by atoms with Crippen LogP contribution in [0.15, 0.2) is 61.3 Å². The van der Waals surface area contributed by atoms with Crippen LogP contribution >= 0.6 is 0 Å². The Balaban J connectivity index is 1.92. The molecule has 1 aliphatic rings. The molecule has 3 N–H and O–H groups in total. The summed E-state index contributed by atoms with van der Waals surface area (Å²) in [6, 6.07) is 11.2. The Hall–Kier alpha value is -4.27. The lowest BCUT2D eigenvalue weighted by molar-refractivity contribution is 0.403. The molecule has 0 amide bonds. The van der Waals surface area contributed by atoms with Crippen molar-refractivity contribution in [3.63, 3.8) is 0 Å². The molecule has 0 bridgehead atoms. The van der Waals surface area contributed by atoms with Crippen LogP contribution < -0.4 is 26.3 Å². The second-order valence-corrected chi connectivity index (χ2v) is 6.74. The third-order valence-electron chi connectivity index (χ3n) is 5.06. The maximum absolute atomic E-state index is 12.9. The van der Waals surface area contributed by atoms with Crippen LogP contribution in [0.2, 0.25) is 0 Å². The summed E-state index contributed by atoms with van der Waals surface area (Å²) in [5, 5.41) is 11.1. The van der Waals surface area contributed by atoms with Gasteiger partial charge >= 0.3 is 11.3 Å². The average Bonchev–Trinajstić information content (AvgIpc) is 2.73. The van der Waals surface area contributed by atoms with E-state index in [1.165, 1.54) is 13.2 Å². The van der Waals surface area contributed by atoms with Gasteiger partial charge in [-0.05, 0) is 18.2 Å². The SMILES string of the molecule is COc1ccc(C2c3[nH]c(=O)[nH]c(=O)c3Oc3c2c(=O)oc2ccccc32)c(O)c1. The zero-order valence-electron chi connectivity index (χ0n) is 15.5. The minimum Gasteiger partial charge on any atom is -0.507 e. The van der Waals surface area contributed by atoms with Crippen molar-refractivity contribution in [3.8, 4) is 23.0 Å². The van der Waals surface area contributed by atoms with Crippen molar-refractivity contribution in [2.45, 2.75) is 5.92 Å². The quantitative estimate of drug-likeness (QED) is 0.382. The van der Waals surface area contributed by atoms with Gasteiger partial charge in [0.25, 0.3) is 5.56 Å². The number of H-pyrrole nitrogens is 2. The van der Waals surface area contributed by atoms with E-state index in [4.69, 9.17) is 13.9 Å². The molecule has 4 aromatic rings. The van der Waals surface area contributed by atoms with E-state index in [1.54, 1.807) is 36.4 Å². The first-order chi connectivity index (χ1) is 14.5. The summed E-state index contributed by atoms with van der Waals surface area (Å²) < 4.78 is 16.4. The van der Waals surface area contributed by atoms with E-state index in [2.05, 4.69) is 9.97 Å². The van der Waals surface area contributed by atoms with E-state index < -0.39 is 22.8 Å². The fraction of sp³-hybridized carbons (Fsp3) is 0.0952. The third-order valence-corrected chi connectivity index (χ3v) is 5.06. The van der Waals surface area contributed by atoms with E-state index in [0.717, 1.165) is 0 Å². The normalized spacial score (nSPS) is 14.6. The highest BCUT2D eigenvalue weighted by molar-refractivity contribution is 5.86. The Morgan fingerprint density at radius 2 is 1.83 bits per heavy atom. The molecule has 0 aliphatic carbocycles. The van der Waals surface area contributed by atoms with Gasteiger partial charge in [-0.1, -0.05) is 18.2 Å². The van der Waals surface area contributed by atoms with Crippen LogP contribution in [0.3, 0.4) is 0 Å². The number of para-hydroxylation sites is 1. The highest BCUT2D eigenvalue weighted by Gasteiger charge is 2.37. The monoisotopic (exact) mass is 406 g/mol. The fourth-order valence-electron chi connectivity index (χ4n) is 3.74. The van der Waals surface area contributed by atoms with Gasteiger partial charge in [0.05, 0.1) is 29.7 Å². The summed E-state index contributed by atoms with van der Waals surface area (Å²) in [5.41, 5.74) is -1.59. The van der Waals surface area contributed by atoms with Crippen LogP contribution in [0.1, 0.15) is 22.7 Å². The molecule has 0 saturated heterocycles. The van der Waals surface area contributed by atoms with Crippen molar-refractivity contribution in [2.24, 2.45) is 0 Å². The zero-order chi connectivity index (χ0) is 21.0. The summed E-state index contributed by atoms with van der Waals surface area (Å²) >= 11 is 0. The molecule has 5 rings (SSSR count). The molecular formula is C21H14N2O7. The van der Waals surface area contributed by atoms with Crippen molar-refractivity contribution in [1.29, 1.82) is 0 Å². The van der Waals surface area contributed by atoms with Gasteiger partial charge in [0, 0.05) is 11.6 Å². The van der Waals surface area contributed by atoms with E-state index in [1.807, 2.05) is 0 Å². The summed E-state index contributed by atoms with van der Waals surface area (Å²) in [5.74, 6) is -0.837. The maximum Gasteiger partial charge on any atom is 0.344 e. The molecule has 0 fully saturated rings. The van der Waals surface area contributed by atoms with E-state index in [9.17, 15) is 19.5 Å². The molecular weight excluding hydrogens is 392 g/mol. The van der Waals surface area contributed by atoms with Gasteiger partial charge in [0.1, 0.15) is 22.8 Å². The Morgan fingerprint density at radius 1 is 1.03 bits per heavy atom. The van der Waals surface area contributed by atoms with Crippen molar-refractivity contribution in [2.75, 3.05) is 7.11 Å². The van der Waals surface area contributed by atoms with Crippen LogP contribution in [0.5, 0.6) is 23.0 Å². The number of aromatic nitrogens is 2. The number of nitrogens with one attached hydrogen (secondary N) is 2. The van der Waals surface area contributed by atoms with Crippen LogP contribution in [-0.4, -0.2) is 22.2 Å². The highest BCUT2D eigenvalue weighted by atomic mass is 16.5. The molecule has 30 heavy (non-hydrogen) atoms. The number of fused-ring (bicyclic) bond motifs is 4. The first-order valence-electron chi connectivity index (χ1n) is 8.95. The average molecular weight is 406 g/mol. The summed E-state index contributed by atoms with van der Waals surface area (Å²) in [6.07, 6.45) is 0. The second kappa shape index (κ2) is 6.38. The zero-order valence-corrected chi connectivity index (χ0v) is 15.5. The molecule has 9 heteroatoms. The number of aromatic hydroxyl groups is 1. The fourth-order valence-corrected chi connectivity index (χ4v) is 3.74. The number of aromatic amines is 2. The molecule has 0 saturated carbocycles. The predicted molar refractivity (Wildman–Crippen MR) is 106 cm³/mol. The smallest absolute Gasteiger partial charge is 0.344 e. The van der Waals surface area contributed by atoms with Gasteiger partial charge in [0.15, 0.2) is 0 Å². The lowest BCUT2D eigenvalue weighted by Crippen LogP contribution is -2.31. The molecule has 3 heterocycles. The molecule has 1 unspecified atom stereocenters. The Morgan fingerprint density at radius 3 is 2.60 bits per heavy atom. The summed E-state index contributed by atoms with van der Waals surface area (Å²) in [4.78, 5) is 42.1. The van der Waals surface area contributed by atoms with Gasteiger partial charge in [-0.25, -0.2) is 9.59 Å². The number of phenolic OH excluding ortho intramolecular Hbond substituents is 1. The Kier molecular flexibility index (Phi) is 3.78. The van der Waals surface area contributed by atoms with E-state index in [-0.39, 0.29) is 39.7 Å².